The fourth-order valence-electron chi connectivity index (χ4n) is 2.36. The van der Waals surface area contributed by atoms with E-state index in [0.29, 0.717) is 11.3 Å². The Hall–Kier alpha value is -2.17. The van der Waals surface area contributed by atoms with E-state index < -0.39 is 11.9 Å². The van der Waals surface area contributed by atoms with Gasteiger partial charge in [-0.05, 0) is 31.5 Å². The van der Waals surface area contributed by atoms with Gasteiger partial charge in [0.2, 0.25) is 5.91 Å². The number of esters is 1. The summed E-state index contributed by atoms with van der Waals surface area (Å²) in [6, 6.07) is 5.82. The van der Waals surface area contributed by atoms with Crippen LogP contribution in [0.1, 0.15) is 31.7 Å². The van der Waals surface area contributed by atoms with Crippen LogP contribution in [0.5, 0.6) is 0 Å². The van der Waals surface area contributed by atoms with Gasteiger partial charge in [-0.15, -0.1) is 0 Å². The molecule has 0 saturated carbocycles. The number of hydrogen-bond acceptors (Lipinski definition) is 3. The van der Waals surface area contributed by atoms with Crippen molar-refractivity contribution in [1.82, 2.24) is 5.32 Å². The average Bonchev–Trinajstić information content (AvgIpc) is 2.38. The molecule has 1 aromatic rings. The van der Waals surface area contributed by atoms with Gasteiger partial charge in [0.1, 0.15) is 5.82 Å². The molecule has 5 heteroatoms. The van der Waals surface area contributed by atoms with Crippen LogP contribution >= 0.6 is 0 Å². The van der Waals surface area contributed by atoms with Gasteiger partial charge in [-0.25, -0.2) is 9.18 Å². The van der Waals surface area contributed by atoms with E-state index in [2.05, 4.69) is 5.32 Å². The summed E-state index contributed by atoms with van der Waals surface area (Å²) in [6.45, 7) is 3.65. The highest BCUT2D eigenvalue weighted by molar-refractivity contribution is 5.95. The van der Waals surface area contributed by atoms with Crippen molar-refractivity contribution in [3.63, 3.8) is 0 Å². The molecule has 0 aliphatic carbocycles. The molecule has 0 aromatic heterocycles. The zero-order valence-corrected chi connectivity index (χ0v) is 11.4. The lowest BCUT2D eigenvalue weighted by Gasteiger charge is -2.26. The summed E-state index contributed by atoms with van der Waals surface area (Å²) < 4.78 is 18.0. The fraction of sp³-hybridized carbons (Fsp3) is 0.333. The van der Waals surface area contributed by atoms with Crippen molar-refractivity contribution in [1.29, 1.82) is 0 Å². The predicted molar refractivity (Wildman–Crippen MR) is 71.2 cm³/mol. The Labute approximate surface area is 116 Å². The highest BCUT2D eigenvalue weighted by Gasteiger charge is 2.32. The first-order valence-electron chi connectivity index (χ1n) is 6.46. The van der Waals surface area contributed by atoms with Crippen molar-refractivity contribution in [2.75, 3.05) is 6.61 Å². The van der Waals surface area contributed by atoms with Crippen molar-refractivity contribution in [3.05, 3.63) is 46.9 Å². The zero-order chi connectivity index (χ0) is 14.7. The molecule has 1 atom stereocenters. The van der Waals surface area contributed by atoms with Crippen LogP contribution in [0.3, 0.4) is 0 Å². The molecule has 0 saturated heterocycles. The van der Waals surface area contributed by atoms with E-state index in [4.69, 9.17) is 4.74 Å². The normalized spacial score (nSPS) is 18.8. The number of amides is 1. The van der Waals surface area contributed by atoms with E-state index in [9.17, 15) is 14.0 Å². The van der Waals surface area contributed by atoms with E-state index in [1.165, 1.54) is 12.1 Å². The van der Waals surface area contributed by atoms with Crippen molar-refractivity contribution in [3.8, 4) is 0 Å². The minimum absolute atomic E-state index is 0.150. The van der Waals surface area contributed by atoms with Gasteiger partial charge in [0.05, 0.1) is 12.2 Å². The first-order chi connectivity index (χ1) is 9.52. The van der Waals surface area contributed by atoms with Crippen LogP contribution in [-0.2, 0) is 14.3 Å². The van der Waals surface area contributed by atoms with Crippen LogP contribution in [0.4, 0.5) is 4.39 Å². The standard InChI is InChI=1S/C15H16FNO3/c1-3-20-15(19)14-9(2)17-13(18)8-12(14)10-4-6-11(16)7-5-10/h4-7,12H,3,8H2,1-2H3,(H,17,18). The molecule has 1 heterocycles. The van der Waals surface area contributed by atoms with Crippen molar-refractivity contribution >= 4 is 11.9 Å². The second kappa shape index (κ2) is 5.86. The number of halogens is 1. The van der Waals surface area contributed by atoms with E-state index >= 15 is 0 Å². The van der Waals surface area contributed by atoms with Gasteiger partial charge in [-0.2, -0.15) is 0 Å². The third-order valence-electron chi connectivity index (χ3n) is 3.24. The molecule has 0 fully saturated rings. The highest BCUT2D eigenvalue weighted by atomic mass is 19.1. The van der Waals surface area contributed by atoms with E-state index in [1.54, 1.807) is 26.0 Å². The van der Waals surface area contributed by atoms with Crippen LogP contribution in [0.2, 0.25) is 0 Å². The van der Waals surface area contributed by atoms with Crippen LogP contribution < -0.4 is 5.32 Å². The lowest BCUT2D eigenvalue weighted by atomic mass is 9.84. The van der Waals surface area contributed by atoms with Gasteiger partial charge in [0.15, 0.2) is 0 Å². The highest BCUT2D eigenvalue weighted by Crippen LogP contribution is 2.33. The summed E-state index contributed by atoms with van der Waals surface area (Å²) in [5, 5.41) is 2.65. The fourth-order valence-corrected chi connectivity index (χ4v) is 2.36. The minimum atomic E-state index is -0.445. The van der Waals surface area contributed by atoms with Crippen LogP contribution in [0.25, 0.3) is 0 Å². The summed E-state index contributed by atoms with van der Waals surface area (Å²) in [5.74, 6) is -1.36. The smallest absolute Gasteiger partial charge is 0.336 e. The molecule has 1 N–H and O–H groups in total. The quantitative estimate of drug-likeness (QED) is 0.862. The Balaban J connectivity index is 2.41. The number of rotatable bonds is 3. The zero-order valence-electron chi connectivity index (χ0n) is 11.4. The lowest BCUT2D eigenvalue weighted by Crippen LogP contribution is -2.34. The largest absolute Gasteiger partial charge is 0.463 e. The topological polar surface area (TPSA) is 55.4 Å². The van der Waals surface area contributed by atoms with E-state index in [1.807, 2.05) is 0 Å². The molecule has 106 valence electrons. The van der Waals surface area contributed by atoms with Gasteiger partial charge in [0.25, 0.3) is 0 Å². The van der Waals surface area contributed by atoms with Gasteiger partial charge < -0.3 is 10.1 Å². The molecule has 0 bridgehead atoms. The molecule has 0 radical (unpaired) electrons. The number of allylic oxidation sites excluding steroid dienone is 1. The Bertz CT molecular complexity index is 563. The molecule has 0 spiro atoms. The number of hydrogen-bond donors (Lipinski definition) is 1. The first-order valence-corrected chi connectivity index (χ1v) is 6.46. The average molecular weight is 277 g/mol. The molecule has 20 heavy (non-hydrogen) atoms. The molecular weight excluding hydrogens is 261 g/mol. The van der Waals surface area contributed by atoms with E-state index in [-0.39, 0.29) is 24.8 Å². The molecule has 1 aromatic carbocycles. The Morgan fingerprint density at radius 2 is 2.05 bits per heavy atom. The third kappa shape index (κ3) is 2.87. The number of carbonyl (C=O) groups is 2. The maximum absolute atomic E-state index is 13.0. The predicted octanol–water partition coefficient (Wildman–Crippen LogP) is 2.27. The molecule has 1 unspecified atom stereocenters. The number of ether oxygens (including phenoxy) is 1. The van der Waals surface area contributed by atoms with Gasteiger partial charge in [-0.3, -0.25) is 4.79 Å². The molecule has 1 aliphatic rings. The molecule has 4 nitrogen and oxygen atoms in total. The van der Waals surface area contributed by atoms with Crippen molar-refractivity contribution in [2.45, 2.75) is 26.2 Å². The third-order valence-corrected chi connectivity index (χ3v) is 3.24. The molecular formula is C15H16FNO3. The maximum atomic E-state index is 13.0. The Morgan fingerprint density at radius 1 is 1.40 bits per heavy atom. The van der Waals surface area contributed by atoms with Gasteiger partial charge >= 0.3 is 5.97 Å². The summed E-state index contributed by atoms with van der Waals surface area (Å²) >= 11 is 0. The van der Waals surface area contributed by atoms with Crippen LogP contribution in [0, 0.1) is 5.82 Å². The summed E-state index contributed by atoms with van der Waals surface area (Å²) in [4.78, 5) is 23.7. The number of nitrogens with one attached hydrogen (secondary N) is 1. The lowest BCUT2D eigenvalue weighted by molar-refractivity contribution is -0.139. The van der Waals surface area contributed by atoms with Crippen LogP contribution in [0.15, 0.2) is 35.5 Å². The summed E-state index contributed by atoms with van der Waals surface area (Å²) in [6.07, 6.45) is 0.150. The monoisotopic (exact) mass is 277 g/mol. The number of benzene rings is 1. The van der Waals surface area contributed by atoms with E-state index in [0.717, 1.165) is 5.56 Å². The summed E-state index contributed by atoms with van der Waals surface area (Å²) in [5.41, 5.74) is 1.65. The second-order valence-electron chi connectivity index (χ2n) is 4.62. The molecule has 2 rings (SSSR count). The van der Waals surface area contributed by atoms with Gasteiger partial charge in [0, 0.05) is 18.0 Å². The second-order valence-corrected chi connectivity index (χ2v) is 4.62. The molecule has 1 amide bonds. The number of carbonyl (C=O) groups excluding carboxylic acids is 2. The Kier molecular flexibility index (Phi) is 4.17. The van der Waals surface area contributed by atoms with Crippen LogP contribution in [-0.4, -0.2) is 18.5 Å². The van der Waals surface area contributed by atoms with Crippen molar-refractivity contribution < 1.29 is 18.7 Å². The summed E-state index contributed by atoms with van der Waals surface area (Å²) in [7, 11) is 0. The minimum Gasteiger partial charge on any atom is -0.463 e. The Morgan fingerprint density at radius 3 is 2.65 bits per heavy atom. The van der Waals surface area contributed by atoms with Crippen molar-refractivity contribution in [2.24, 2.45) is 0 Å². The maximum Gasteiger partial charge on any atom is 0.336 e. The SMILES string of the molecule is CCOC(=O)C1=C(C)NC(=O)CC1c1ccc(F)cc1. The first kappa shape index (κ1) is 14.2. The molecule has 1 aliphatic heterocycles. The van der Waals surface area contributed by atoms with Gasteiger partial charge in [-0.1, -0.05) is 12.1 Å².